The third kappa shape index (κ3) is 3.46. The van der Waals surface area contributed by atoms with E-state index < -0.39 is 6.04 Å². The second kappa shape index (κ2) is 7.61. The second-order valence-electron chi connectivity index (χ2n) is 7.67. The number of hydrogen-bond acceptors (Lipinski definition) is 4. The number of amides is 2. The van der Waals surface area contributed by atoms with Gasteiger partial charge >= 0.3 is 0 Å². The fourth-order valence-corrected chi connectivity index (χ4v) is 4.52. The molecule has 2 aromatic rings. The molecular formula is C20H25N5O3. The number of piperidine rings is 1. The zero-order valence-corrected chi connectivity index (χ0v) is 16.0. The zero-order chi connectivity index (χ0) is 19.7. The minimum absolute atomic E-state index is 0.0147. The smallest absolute Gasteiger partial charge is 0.251 e. The van der Waals surface area contributed by atoms with Crippen LogP contribution in [0.15, 0.2) is 41.7 Å². The molecule has 2 aliphatic heterocycles. The van der Waals surface area contributed by atoms with Crippen molar-refractivity contribution in [3.8, 4) is 0 Å². The third-order valence-corrected chi connectivity index (χ3v) is 5.81. The monoisotopic (exact) mass is 383 g/mol. The maximum Gasteiger partial charge on any atom is 0.251 e. The lowest BCUT2D eigenvalue weighted by atomic mass is 9.78. The van der Waals surface area contributed by atoms with Gasteiger partial charge in [-0.1, -0.05) is 6.07 Å². The van der Waals surface area contributed by atoms with Gasteiger partial charge in [0.2, 0.25) is 11.8 Å². The van der Waals surface area contributed by atoms with Crippen LogP contribution >= 0.6 is 0 Å². The van der Waals surface area contributed by atoms with Crippen LogP contribution in [0.2, 0.25) is 0 Å². The number of fused-ring (bicyclic) bond motifs is 4. The van der Waals surface area contributed by atoms with Crippen LogP contribution in [0, 0.1) is 5.92 Å². The molecule has 2 aromatic heterocycles. The van der Waals surface area contributed by atoms with Crippen LogP contribution in [0.4, 0.5) is 0 Å². The summed E-state index contributed by atoms with van der Waals surface area (Å²) < 4.78 is 3.62. The Labute approximate surface area is 163 Å². The molecule has 2 bridgehead atoms. The summed E-state index contributed by atoms with van der Waals surface area (Å²) in [7, 11) is 0. The first kappa shape index (κ1) is 18.5. The zero-order valence-electron chi connectivity index (χ0n) is 16.0. The Morgan fingerprint density at radius 2 is 2.14 bits per heavy atom. The minimum Gasteiger partial charge on any atom is -0.354 e. The Bertz CT molecular complexity index is 920. The predicted octanol–water partition coefficient (Wildman–Crippen LogP) is 0.758. The van der Waals surface area contributed by atoms with E-state index in [4.69, 9.17) is 0 Å². The summed E-state index contributed by atoms with van der Waals surface area (Å²) in [4.78, 5) is 43.4. The van der Waals surface area contributed by atoms with Crippen molar-refractivity contribution in [3.05, 3.63) is 53.0 Å². The fraction of sp³-hybridized carbons (Fsp3) is 0.500. The number of carbonyl (C=O) groups excluding carboxylic acids is 2. The molecule has 0 unspecified atom stereocenters. The maximum absolute atomic E-state index is 13.1. The van der Waals surface area contributed by atoms with E-state index in [-0.39, 0.29) is 29.2 Å². The topological polar surface area (TPSA) is 89.2 Å². The summed E-state index contributed by atoms with van der Waals surface area (Å²) in [5, 5.41) is 2.99. The van der Waals surface area contributed by atoms with Crippen molar-refractivity contribution in [1.29, 1.82) is 0 Å². The van der Waals surface area contributed by atoms with Crippen molar-refractivity contribution in [2.45, 2.75) is 38.3 Å². The molecule has 1 saturated heterocycles. The molecular weight excluding hydrogens is 358 g/mol. The Balaban J connectivity index is 1.52. The number of aryl methyl sites for hydroxylation is 1. The molecule has 4 rings (SSSR count). The van der Waals surface area contributed by atoms with Crippen LogP contribution in [0.3, 0.4) is 0 Å². The Kier molecular flexibility index (Phi) is 5.02. The van der Waals surface area contributed by atoms with Gasteiger partial charge in [-0.3, -0.25) is 19.0 Å². The normalized spacial score (nSPS) is 23.2. The summed E-state index contributed by atoms with van der Waals surface area (Å²) in [6.07, 6.45) is 6.96. The van der Waals surface area contributed by atoms with Gasteiger partial charge in [-0.25, -0.2) is 4.98 Å². The first-order valence-corrected chi connectivity index (χ1v) is 9.75. The number of hydrogen-bond donors (Lipinski definition) is 1. The molecule has 148 valence electrons. The summed E-state index contributed by atoms with van der Waals surface area (Å²) in [5.41, 5.74) is 0.704. The largest absolute Gasteiger partial charge is 0.354 e. The van der Waals surface area contributed by atoms with Crippen LogP contribution in [0.1, 0.15) is 37.4 Å². The van der Waals surface area contributed by atoms with Gasteiger partial charge in [-0.2, -0.15) is 0 Å². The molecule has 1 fully saturated rings. The van der Waals surface area contributed by atoms with E-state index in [9.17, 15) is 14.4 Å². The lowest BCUT2D eigenvalue weighted by molar-refractivity contribution is -0.135. The highest BCUT2D eigenvalue weighted by Gasteiger charge is 2.44. The minimum atomic E-state index is -0.574. The SMILES string of the molecule is CC(=O)N1C[C@H]2C[C@@H](C1)[C@H](C(=O)NCCCn1ccnc1)n1c2cccc1=O. The highest BCUT2D eigenvalue weighted by atomic mass is 16.2. The number of pyridine rings is 1. The second-order valence-corrected chi connectivity index (χ2v) is 7.67. The van der Waals surface area contributed by atoms with Crippen molar-refractivity contribution in [2.24, 2.45) is 5.92 Å². The average Bonchev–Trinajstić information content (AvgIpc) is 3.19. The average molecular weight is 383 g/mol. The van der Waals surface area contributed by atoms with E-state index in [1.165, 1.54) is 6.07 Å². The quantitative estimate of drug-likeness (QED) is 0.772. The molecule has 8 heteroatoms. The molecule has 3 atom stereocenters. The highest BCUT2D eigenvalue weighted by Crippen LogP contribution is 2.41. The first-order valence-electron chi connectivity index (χ1n) is 9.75. The molecule has 4 heterocycles. The predicted molar refractivity (Wildman–Crippen MR) is 103 cm³/mol. The van der Waals surface area contributed by atoms with Gasteiger partial charge in [-0.15, -0.1) is 0 Å². The number of likely N-dealkylation sites (tertiary alicyclic amines) is 1. The van der Waals surface area contributed by atoms with Crippen molar-refractivity contribution in [3.63, 3.8) is 0 Å². The van der Waals surface area contributed by atoms with E-state index in [1.807, 2.05) is 16.8 Å². The van der Waals surface area contributed by atoms with Gasteiger partial charge in [0.25, 0.3) is 5.56 Å². The molecule has 0 aliphatic carbocycles. The van der Waals surface area contributed by atoms with E-state index >= 15 is 0 Å². The molecule has 0 saturated carbocycles. The molecule has 1 N–H and O–H groups in total. The van der Waals surface area contributed by atoms with E-state index in [2.05, 4.69) is 10.3 Å². The summed E-state index contributed by atoms with van der Waals surface area (Å²) in [6.45, 7) is 3.97. The number of nitrogens with zero attached hydrogens (tertiary/aromatic N) is 4. The standard InChI is InChI=1S/C20H25N5O3/c1-14(26)24-11-15-10-16(12-24)19(25-17(15)4-2-5-18(25)27)20(28)22-6-3-8-23-9-7-21-13-23/h2,4-5,7,9,13,15-16,19H,3,6,8,10-12H2,1H3,(H,22,28)/t15-,16+,19-/m1/s1. The van der Waals surface area contributed by atoms with Crippen LogP contribution in [0.5, 0.6) is 0 Å². The maximum atomic E-state index is 13.1. The van der Waals surface area contributed by atoms with Crippen molar-refractivity contribution >= 4 is 11.8 Å². The number of aromatic nitrogens is 3. The molecule has 28 heavy (non-hydrogen) atoms. The molecule has 0 aromatic carbocycles. The Morgan fingerprint density at radius 1 is 1.29 bits per heavy atom. The molecule has 8 nitrogen and oxygen atoms in total. The molecule has 2 amide bonds. The number of nitrogens with one attached hydrogen (secondary N) is 1. The van der Waals surface area contributed by atoms with Crippen molar-refractivity contribution in [2.75, 3.05) is 19.6 Å². The number of carbonyl (C=O) groups is 2. The van der Waals surface area contributed by atoms with E-state index in [0.29, 0.717) is 19.6 Å². The Morgan fingerprint density at radius 3 is 2.89 bits per heavy atom. The van der Waals surface area contributed by atoms with E-state index in [0.717, 1.165) is 25.1 Å². The third-order valence-electron chi connectivity index (χ3n) is 5.81. The lowest BCUT2D eigenvalue weighted by Gasteiger charge is -2.46. The fourth-order valence-electron chi connectivity index (χ4n) is 4.52. The number of imidazole rings is 1. The van der Waals surface area contributed by atoms with Crippen molar-refractivity contribution in [1.82, 2.24) is 24.3 Å². The number of rotatable bonds is 5. The highest BCUT2D eigenvalue weighted by molar-refractivity contribution is 5.81. The molecule has 0 spiro atoms. The van der Waals surface area contributed by atoms with Gasteiger partial charge < -0.3 is 14.8 Å². The van der Waals surface area contributed by atoms with Gasteiger partial charge in [0.15, 0.2) is 0 Å². The van der Waals surface area contributed by atoms with Crippen LogP contribution in [-0.4, -0.2) is 50.5 Å². The van der Waals surface area contributed by atoms with Crippen LogP contribution in [0.25, 0.3) is 0 Å². The molecule has 2 aliphatic rings. The van der Waals surface area contributed by atoms with Crippen LogP contribution in [-0.2, 0) is 16.1 Å². The van der Waals surface area contributed by atoms with Gasteiger partial charge in [0.1, 0.15) is 6.04 Å². The summed E-state index contributed by atoms with van der Waals surface area (Å²) in [6, 6.07) is 4.58. The summed E-state index contributed by atoms with van der Waals surface area (Å²) >= 11 is 0. The lowest BCUT2D eigenvalue weighted by Crippen LogP contribution is -2.54. The van der Waals surface area contributed by atoms with Crippen LogP contribution < -0.4 is 10.9 Å². The first-order chi connectivity index (χ1) is 13.5. The van der Waals surface area contributed by atoms with Crippen molar-refractivity contribution < 1.29 is 9.59 Å². The van der Waals surface area contributed by atoms with E-state index in [1.54, 1.807) is 35.0 Å². The van der Waals surface area contributed by atoms with Gasteiger partial charge in [-0.05, 0) is 18.9 Å². The molecule has 0 radical (unpaired) electrons. The summed E-state index contributed by atoms with van der Waals surface area (Å²) in [5.74, 6) is -0.0827. The van der Waals surface area contributed by atoms with Gasteiger partial charge in [0.05, 0.1) is 6.33 Å². The Hall–Kier alpha value is -2.90. The van der Waals surface area contributed by atoms with Gasteiger partial charge in [0, 0.05) is 69.1 Å².